The van der Waals surface area contributed by atoms with Gasteiger partial charge in [0.1, 0.15) is 6.29 Å². The van der Waals surface area contributed by atoms with Gasteiger partial charge in [0, 0.05) is 0 Å². The summed E-state index contributed by atoms with van der Waals surface area (Å²) in [7, 11) is 3.77. The van der Waals surface area contributed by atoms with Crippen LogP contribution in [0.2, 0.25) is 0 Å². The summed E-state index contributed by atoms with van der Waals surface area (Å²) in [5.74, 6) is 0. The molecule has 9 heavy (non-hydrogen) atoms. The summed E-state index contributed by atoms with van der Waals surface area (Å²) in [6, 6.07) is 0. The van der Waals surface area contributed by atoms with Crippen molar-refractivity contribution in [2.45, 2.75) is 19.4 Å². The topological polar surface area (TPSA) is 20.3 Å². The minimum absolute atomic E-state index is 0. The first-order valence-corrected chi connectivity index (χ1v) is 2.64. The van der Waals surface area contributed by atoms with Gasteiger partial charge in [-0.15, -0.1) is 12.4 Å². The minimum atomic E-state index is -0.306. The van der Waals surface area contributed by atoms with Crippen molar-refractivity contribution in [3.05, 3.63) is 0 Å². The highest BCUT2D eigenvalue weighted by Crippen LogP contribution is 2.03. The lowest BCUT2D eigenvalue weighted by Crippen LogP contribution is -2.39. The molecule has 0 fully saturated rings. The molecule has 0 aromatic carbocycles. The number of rotatable bonds is 2. The Morgan fingerprint density at radius 2 is 1.67 bits per heavy atom. The van der Waals surface area contributed by atoms with Crippen LogP contribution in [0.1, 0.15) is 13.8 Å². The predicted molar refractivity (Wildman–Crippen MR) is 41.1 cm³/mol. The second-order valence-electron chi connectivity index (χ2n) is 2.67. The number of halogens is 1. The molecule has 0 heterocycles. The number of carbonyl (C=O) groups is 1. The van der Waals surface area contributed by atoms with Gasteiger partial charge in [-0.1, -0.05) is 0 Å². The Morgan fingerprint density at radius 1 is 1.33 bits per heavy atom. The molecule has 0 bridgehead atoms. The minimum Gasteiger partial charge on any atom is -0.301 e. The van der Waals surface area contributed by atoms with Crippen molar-refractivity contribution in [2.75, 3.05) is 14.1 Å². The Bertz CT molecular complexity index is 91.1. The predicted octanol–water partition coefficient (Wildman–Crippen LogP) is 0.947. The van der Waals surface area contributed by atoms with Crippen LogP contribution < -0.4 is 0 Å². The van der Waals surface area contributed by atoms with Crippen LogP contribution >= 0.6 is 12.4 Å². The van der Waals surface area contributed by atoms with E-state index in [2.05, 4.69) is 0 Å². The van der Waals surface area contributed by atoms with Gasteiger partial charge in [-0.3, -0.25) is 4.90 Å². The van der Waals surface area contributed by atoms with Gasteiger partial charge in [-0.25, -0.2) is 0 Å². The van der Waals surface area contributed by atoms with Gasteiger partial charge in [0.2, 0.25) is 0 Å². The van der Waals surface area contributed by atoms with E-state index < -0.39 is 0 Å². The molecule has 0 spiro atoms. The number of nitrogens with zero attached hydrogens (tertiary/aromatic N) is 1. The van der Waals surface area contributed by atoms with E-state index in [-0.39, 0.29) is 17.9 Å². The summed E-state index contributed by atoms with van der Waals surface area (Å²) in [5, 5.41) is 0. The average molecular weight is 152 g/mol. The zero-order valence-corrected chi connectivity index (χ0v) is 7.16. The number of hydrogen-bond acceptors (Lipinski definition) is 2. The molecular formula is C6H14ClNO. The van der Waals surface area contributed by atoms with Crippen molar-refractivity contribution in [3.63, 3.8) is 0 Å². The normalized spacial score (nSPS) is 10.8. The molecular weight excluding hydrogens is 138 g/mol. The molecule has 0 N–H and O–H groups in total. The first-order chi connectivity index (χ1) is 3.50. The maximum atomic E-state index is 10.2. The van der Waals surface area contributed by atoms with E-state index in [4.69, 9.17) is 0 Å². The number of hydrogen-bond donors (Lipinski definition) is 0. The fraction of sp³-hybridized carbons (Fsp3) is 0.833. The standard InChI is InChI=1S/C6H13NO.ClH/c1-6(2,5-8)7(3)4;/h5H,1-4H3;1H. The van der Waals surface area contributed by atoms with E-state index in [1.165, 1.54) is 0 Å². The van der Waals surface area contributed by atoms with Gasteiger partial charge < -0.3 is 4.79 Å². The van der Waals surface area contributed by atoms with Crippen LogP contribution in [0.25, 0.3) is 0 Å². The van der Waals surface area contributed by atoms with E-state index in [1.54, 1.807) is 0 Å². The maximum absolute atomic E-state index is 10.2. The van der Waals surface area contributed by atoms with Crippen LogP contribution in [-0.4, -0.2) is 30.8 Å². The smallest absolute Gasteiger partial charge is 0.139 e. The molecule has 2 nitrogen and oxygen atoms in total. The molecule has 0 aliphatic carbocycles. The monoisotopic (exact) mass is 151 g/mol. The van der Waals surface area contributed by atoms with E-state index in [0.29, 0.717) is 0 Å². The summed E-state index contributed by atoms with van der Waals surface area (Å²) in [5.41, 5.74) is -0.306. The summed E-state index contributed by atoms with van der Waals surface area (Å²) in [4.78, 5) is 12.1. The molecule has 0 aromatic rings. The van der Waals surface area contributed by atoms with Crippen molar-refractivity contribution >= 4 is 18.7 Å². The van der Waals surface area contributed by atoms with Crippen LogP contribution in [0, 0.1) is 0 Å². The molecule has 0 saturated heterocycles. The second kappa shape index (κ2) is 3.85. The lowest BCUT2D eigenvalue weighted by molar-refractivity contribution is -0.115. The van der Waals surface area contributed by atoms with Gasteiger partial charge in [-0.2, -0.15) is 0 Å². The molecule has 0 atom stereocenters. The summed E-state index contributed by atoms with van der Waals surface area (Å²) in [6.45, 7) is 3.75. The third-order valence-corrected chi connectivity index (χ3v) is 1.44. The molecule has 0 rings (SSSR count). The summed E-state index contributed by atoms with van der Waals surface area (Å²) < 4.78 is 0. The molecule has 0 aliphatic rings. The molecule has 0 unspecified atom stereocenters. The second-order valence-corrected chi connectivity index (χ2v) is 2.67. The lowest BCUT2D eigenvalue weighted by Gasteiger charge is -2.25. The maximum Gasteiger partial charge on any atom is 0.139 e. The average Bonchev–Trinajstić information content (AvgIpc) is 1.67. The fourth-order valence-electron chi connectivity index (χ4n) is 0.105. The van der Waals surface area contributed by atoms with Gasteiger partial charge in [0.05, 0.1) is 5.54 Å². The molecule has 0 aromatic heterocycles. The van der Waals surface area contributed by atoms with Crippen LogP contribution in [0.3, 0.4) is 0 Å². The lowest BCUT2D eigenvalue weighted by atomic mass is 10.1. The Balaban J connectivity index is 0. The Kier molecular flexibility index (Phi) is 5.00. The van der Waals surface area contributed by atoms with Crippen molar-refractivity contribution in [3.8, 4) is 0 Å². The van der Waals surface area contributed by atoms with Crippen LogP contribution in [-0.2, 0) is 4.79 Å². The van der Waals surface area contributed by atoms with E-state index >= 15 is 0 Å². The Morgan fingerprint density at radius 3 is 1.67 bits per heavy atom. The first kappa shape index (κ1) is 11.7. The molecule has 3 heteroatoms. The highest BCUT2D eigenvalue weighted by atomic mass is 35.5. The summed E-state index contributed by atoms with van der Waals surface area (Å²) in [6.07, 6.45) is 0.938. The number of aldehydes is 1. The van der Waals surface area contributed by atoms with Crippen molar-refractivity contribution < 1.29 is 4.79 Å². The van der Waals surface area contributed by atoms with E-state index in [1.807, 2.05) is 32.8 Å². The number of carbonyl (C=O) groups excluding carboxylic acids is 1. The van der Waals surface area contributed by atoms with Gasteiger partial charge >= 0.3 is 0 Å². The van der Waals surface area contributed by atoms with Crippen molar-refractivity contribution in [2.24, 2.45) is 0 Å². The quantitative estimate of drug-likeness (QED) is 0.548. The van der Waals surface area contributed by atoms with Gasteiger partial charge in [0.25, 0.3) is 0 Å². The number of likely N-dealkylation sites (N-methyl/N-ethyl adjacent to an activating group) is 1. The van der Waals surface area contributed by atoms with Crippen molar-refractivity contribution in [1.82, 2.24) is 4.90 Å². The molecule has 0 saturated carbocycles. The van der Waals surface area contributed by atoms with Gasteiger partial charge in [0.15, 0.2) is 0 Å². The summed E-state index contributed by atoms with van der Waals surface area (Å²) >= 11 is 0. The third-order valence-electron chi connectivity index (χ3n) is 1.44. The van der Waals surface area contributed by atoms with E-state index in [0.717, 1.165) is 6.29 Å². The van der Waals surface area contributed by atoms with Crippen LogP contribution in [0.5, 0.6) is 0 Å². The van der Waals surface area contributed by atoms with Crippen molar-refractivity contribution in [1.29, 1.82) is 0 Å². The molecule has 0 amide bonds. The highest BCUT2D eigenvalue weighted by Gasteiger charge is 2.17. The van der Waals surface area contributed by atoms with Crippen LogP contribution in [0.4, 0.5) is 0 Å². The zero-order chi connectivity index (χ0) is 6.78. The molecule has 0 radical (unpaired) electrons. The molecule has 56 valence electrons. The zero-order valence-electron chi connectivity index (χ0n) is 6.34. The Hall–Kier alpha value is -0.0800. The Labute approximate surface area is 62.6 Å². The van der Waals surface area contributed by atoms with Gasteiger partial charge in [-0.05, 0) is 27.9 Å². The largest absolute Gasteiger partial charge is 0.301 e. The fourth-order valence-corrected chi connectivity index (χ4v) is 0.105. The SMILES string of the molecule is CN(C)C(C)(C)C=O.Cl. The first-order valence-electron chi connectivity index (χ1n) is 2.64. The van der Waals surface area contributed by atoms with E-state index in [9.17, 15) is 4.79 Å². The van der Waals surface area contributed by atoms with Crippen LogP contribution in [0.15, 0.2) is 0 Å². The molecule has 0 aliphatic heterocycles. The highest BCUT2D eigenvalue weighted by molar-refractivity contribution is 5.85. The third kappa shape index (κ3) is 3.49.